The number of nitrogens with zero attached hydrogens (tertiary/aromatic N) is 1. The lowest BCUT2D eigenvalue weighted by Gasteiger charge is -2.30. The molecule has 4 aromatic rings. The van der Waals surface area contributed by atoms with E-state index in [0.717, 1.165) is 16.9 Å². The molecule has 41 heavy (non-hydrogen) atoms. The van der Waals surface area contributed by atoms with E-state index in [1.807, 2.05) is 37.3 Å². The van der Waals surface area contributed by atoms with E-state index in [0.29, 0.717) is 38.3 Å². The van der Waals surface area contributed by atoms with Crippen LogP contribution in [0.3, 0.4) is 0 Å². The molecule has 1 aromatic heterocycles. The molecule has 0 bridgehead atoms. The number of hydrogen-bond acceptors (Lipinski definition) is 8. The zero-order valence-corrected chi connectivity index (χ0v) is 23.7. The summed E-state index contributed by atoms with van der Waals surface area (Å²) in [6.45, 7) is 1.73. The van der Waals surface area contributed by atoms with E-state index in [-0.39, 0.29) is 29.2 Å². The van der Waals surface area contributed by atoms with E-state index in [1.165, 1.54) is 23.8 Å². The Hall–Kier alpha value is -4.35. The summed E-state index contributed by atoms with van der Waals surface area (Å²) >= 11 is 2.26. The molecule has 2 N–H and O–H groups in total. The first-order valence-corrected chi connectivity index (χ1v) is 14.5. The Kier molecular flexibility index (Phi) is 7.14. The van der Waals surface area contributed by atoms with Crippen LogP contribution in [0, 0.1) is 12.8 Å². The van der Waals surface area contributed by atoms with E-state index in [9.17, 15) is 19.2 Å². The molecule has 2 aliphatic rings. The Morgan fingerprint density at radius 1 is 0.976 bits per heavy atom. The van der Waals surface area contributed by atoms with E-state index < -0.39 is 17.1 Å². The summed E-state index contributed by atoms with van der Waals surface area (Å²) in [5, 5.41) is 2.69. The summed E-state index contributed by atoms with van der Waals surface area (Å²) in [6.07, 6.45) is 0. The van der Waals surface area contributed by atoms with Crippen molar-refractivity contribution in [3.8, 4) is 11.5 Å². The molecule has 1 saturated heterocycles. The number of aryl methyl sites for hydroxylation is 1. The second-order valence-electron chi connectivity index (χ2n) is 9.71. The maximum atomic E-state index is 13.8. The first-order valence-electron chi connectivity index (χ1n) is 12.8. The van der Waals surface area contributed by atoms with Crippen LogP contribution in [0.25, 0.3) is 0 Å². The highest BCUT2D eigenvalue weighted by atomic mass is 32.2. The molecule has 0 aliphatic carbocycles. The third kappa shape index (κ3) is 5.02. The monoisotopic (exact) mass is 587 g/mol. The van der Waals surface area contributed by atoms with Crippen LogP contribution in [-0.2, 0) is 14.4 Å². The van der Waals surface area contributed by atoms with Crippen LogP contribution >= 0.6 is 23.1 Å². The van der Waals surface area contributed by atoms with E-state index in [1.54, 1.807) is 42.5 Å². The quantitative estimate of drug-likeness (QED) is 0.304. The molecule has 3 amide bonds. The van der Waals surface area contributed by atoms with Gasteiger partial charge in [-0.2, -0.15) is 0 Å². The molecule has 3 aromatic carbocycles. The number of aromatic amines is 1. The highest BCUT2D eigenvalue weighted by molar-refractivity contribution is 8.00. The van der Waals surface area contributed by atoms with Gasteiger partial charge in [0.2, 0.25) is 11.8 Å². The van der Waals surface area contributed by atoms with Crippen LogP contribution in [0.5, 0.6) is 11.5 Å². The van der Waals surface area contributed by atoms with E-state index in [4.69, 9.17) is 9.47 Å². The number of ether oxygens (including phenoxy) is 2. The number of imide groups is 1. The summed E-state index contributed by atoms with van der Waals surface area (Å²) in [6, 6.07) is 21.5. The van der Waals surface area contributed by atoms with Crippen LogP contribution in [0.1, 0.15) is 21.9 Å². The molecular formula is C30H25N3O6S2. The summed E-state index contributed by atoms with van der Waals surface area (Å²) < 4.78 is 11.4. The van der Waals surface area contributed by atoms with Crippen LogP contribution in [0.2, 0.25) is 0 Å². The average molecular weight is 588 g/mol. The van der Waals surface area contributed by atoms with Gasteiger partial charge in [0.25, 0.3) is 5.91 Å². The Morgan fingerprint density at radius 3 is 2.46 bits per heavy atom. The molecular weight excluding hydrogens is 562 g/mol. The van der Waals surface area contributed by atoms with Gasteiger partial charge in [-0.15, -0.1) is 0 Å². The predicted octanol–water partition coefficient (Wildman–Crippen LogP) is 4.57. The van der Waals surface area contributed by atoms with Crippen molar-refractivity contribution in [2.45, 2.75) is 23.1 Å². The van der Waals surface area contributed by atoms with Crippen molar-refractivity contribution in [2.75, 3.05) is 23.9 Å². The number of anilines is 2. The first-order chi connectivity index (χ1) is 19.8. The molecule has 1 fully saturated rings. The minimum Gasteiger partial charge on any atom is -0.493 e. The fourth-order valence-corrected chi connectivity index (χ4v) is 7.70. The van der Waals surface area contributed by atoms with Gasteiger partial charge in [-0.05, 0) is 48.9 Å². The van der Waals surface area contributed by atoms with Crippen LogP contribution in [0.15, 0.2) is 82.6 Å². The van der Waals surface area contributed by atoms with Crippen molar-refractivity contribution in [1.82, 2.24) is 4.98 Å². The fraction of sp³-hybridized carbons (Fsp3) is 0.200. The highest BCUT2D eigenvalue weighted by Gasteiger charge is 2.56. The number of carbonyl (C=O) groups excluding carboxylic acids is 3. The van der Waals surface area contributed by atoms with Crippen molar-refractivity contribution in [3.63, 3.8) is 0 Å². The van der Waals surface area contributed by atoms with Crippen LogP contribution < -0.4 is 24.6 Å². The second-order valence-corrected chi connectivity index (χ2v) is 11.9. The molecule has 2 aliphatic heterocycles. The lowest BCUT2D eigenvalue weighted by molar-refractivity contribution is -0.122. The fourth-order valence-electron chi connectivity index (χ4n) is 5.18. The lowest BCUT2D eigenvalue weighted by atomic mass is 9.83. The number of hydrogen-bond donors (Lipinski definition) is 2. The van der Waals surface area contributed by atoms with Gasteiger partial charge in [-0.3, -0.25) is 19.2 Å². The van der Waals surface area contributed by atoms with Crippen molar-refractivity contribution >= 4 is 52.2 Å². The van der Waals surface area contributed by atoms with Crippen LogP contribution in [0.4, 0.5) is 11.4 Å². The van der Waals surface area contributed by atoms with Gasteiger partial charge < -0.3 is 19.8 Å². The molecule has 9 nitrogen and oxygen atoms in total. The number of nitrogens with one attached hydrogen (secondary N) is 2. The maximum Gasteiger partial charge on any atom is 0.305 e. The third-order valence-electron chi connectivity index (χ3n) is 7.08. The summed E-state index contributed by atoms with van der Waals surface area (Å²) in [5.74, 6) is -1.53. The molecule has 3 heterocycles. The van der Waals surface area contributed by atoms with Gasteiger partial charge in [0.05, 0.1) is 23.7 Å². The van der Waals surface area contributed by atoms with Gasteiger partial charge in [0, 0.05) is 16.5 Å². The SMILES string of the molecule is COc1cc([C@H]2c3sc(=O)[nH]c3SC3C(=O)N(c4ccccc4)C(=O)C32)ccc1OCC(=O)Nc1ccc(C)cc1. The number of amides is 3. The summed E-state index contributed by atoms with van der Waals surface area (Å²) in [4.78, 5) is 56.7. The topological polar surface area (TPSA) is 118 Å². The number of aromatic nitrogens is 1. The number of carbonyl (C=O) groups is 3. The molecule has 208 valence electrons. The van der Waals surface area contributed by atoms with Crippen molar-refractivity contribution < 1.29 is 23.9 Å². The van der Waals surface area contributed by atoms with Crippen molar-refractivity contribution in [1.29, 1.82) is 0 Å². The number of rotatable bonds is 7. The smallest absolute Gasteiger partial charge is 0.305 e. The standard InChI is InChI=1S/C30H25N3O6S2/c1-16-8-11-18(12-9-16)31-22(34)15-39-20-13-10-17(14-21(20)38-2)23-24-26(40-27-25(23)41-30(37)32-27)29(36)33(28(24)35)19-6-4-3-5-7-19/h3-14,23-24,26H,15H2,1-2H3,(H,31,34)(H,32,37)/t23-,24?,26?/m1/s1. The Bertz CT molecular complexity index is 1700. The number of thiazole rings is 1. The number of thioether (sulfide) groups is 1. The second kappa shape index (κ2) is 10.9. The number of fused-ring (bicyclic) bond motifs is 2. The first kappa shape index (κ1) is 26.9. The Labute approximate surface area is 243 Å². The van der Waals surface area contributed by atoms with Gasteiger partial charge >= 0.3 is 4.87 Å². The molecule has 0 saturated carbocycles. The minimum absolute atomic E-state index is 0.239. The van der Waals surface area contributed by atoms with Gasteiger partial charge in [-0.25, -0.2) is 4.90 Å². The number of benzene rings is 3. The summed E-state index contributed by atoms with van der Waals surface area (Å²) in [5.41, 5.74) is 2.96. The average Bonchev–Trinajstić information content (AvgIpc) is 3.47. The molecule has 3 atom stereocenters. The van der Waals surface area contributed by atoms with Crippen molar-refractivity contribution in [2.24, 2.45) is 5.92 Å². The maximum absolute atomic E-state index is 13.8. The number of H-pyrrole nitrogens is 1. The number of para-hydroxylation sites is 1. The molecule has 0 radical (unpaired) electrons. The molecule has 0 spiro atoms. The molecule has 6 rings (SSSR count). The van der Waals surface area contributed by atoms with Gasteiger partial charge in [0.1, 0.15) is 5.25 Å². The third-order valence-corrected chi connectivity index (χ3v) is 9.48. The van der Waals surface area contributed by atoms with Crippen LogP contribution in [-0.4, -0.2) is 41.7 Å². The predicted molar refractivity (Wildman–Crippen MR) is 157 cm³/mol. The number of methoxy groups -OCH3 is 1. The van der Waals surface area contributed by atoms with Gasteiger partial charge in [0.15, 0.2) is 18.1 Å². The normalized spacial score (nSPS) is 19.5. The van der Waals surface area contributed by atoms with E-state index in [2.05, 4.69) is 10.3 Å². The van der Waals surface area contributed by atoms with Gasteiger partial charge in [-0.1, -0.05) is 65.1 Å². The Balaban J connectivity index is 1.29. The minimum atomic E-state index is -0.719. The zero-order chi connectivity index (χ0) is 28.7. The lowest BCUT2D eigenvalue weighted by Crippen LogP contribution is -2.32. The zero-order valence-electron chi connectivity index (χ0n) is 22.1. The van der Waals surface area contributed by atoms with Crippen molar-refractivity contribution in [3.05, 3.63) is 98.5 Å². The highest BCUT2D eigenvalue weighted by Crippen LogP contribution is 2.53. The Morgan fingerprint density at radius 2 is 1.73 bits per heavy atom. The van der Waals surface area contributed by atoms with E-state index >= 15 is 0 Å². The molecule has 2 unspecified atom stereocenters. The largest absolute Gasteiger partial charge is 0.493 e. The molecule has 11 heteroatoms. The summed E-state index contributed by atoms with van der Waals surface area (Å²) in [7, 11) is 1.49.